The van der Waals surface area contributed by atoms with Gasteiger partial charge in [0.2, 0.25) is 0 Å². The van der Waals surface area contributed by atoms with Gasteiger partial charge in [-0.3, -0.25) is 0 Å². The highest BCUT2D eigenvalue weighted by atomic mass is 79.9. The fraction of sp³-hybridized carbons (Fsp3) is 0.556. The first-order valence-corrected chi connectivity index (χ1v) is 5.39. The first-order valence-electron chi connectivity index (χ1n) is 4.27. The zero-order valence-corrected chi connectivity index (χ0v) is 9.38. The molecule has 1 atom stereocenters. The van der Waals surface area contributed by atoms with E-state index in [2.05, 4.69) is 15.9 Å². The largest absolute Gasteiger partial charge is 0.416 e. The fourth-order valence-corrected chi connectivity index (χ4v) is 1.78. The van der Waals surface area contributed by atoms with E-state index in [-0.39, 0.29) is 11.4 Å². The SMILES string of the molecule is FC(F)(F)C1=CC(CBr)CC(C(F)(F)F)=C1. The van der Waals surface area contributed by atoms with Gasteiger partial charge in [0.25, 0.3) is 0 Å². The molecule has 16 heavy (non-hydrogen) atoms. The Balaban J connectivity index is 3.08. The van der Waals surface area contributed by atoms with Crippen molar-refractivity contribution in [2.75, 3.05) is 5.33 Å². The minimum Gasteiger partial charge on any atom is -0.166 e. The Morgan fingerprint density at radius 3 is 2.06 bits per heavy atom. The summed E-state index contributed by atoms with van der Waals surface area (Å²) in [7, 11) is 0. The highest BCUT2D eigenvalue weighted by Gasteiger charge is 2.41. The van der Waals surface area contributed by atoms with Crippen molar-refractivity contribution in [2.24, 2.45) is 5.92 Å². The first-order chi connectivity index (χ1) is 7.14. The normalized spacial score (nSPS) is 22.8. The molecule has 0 N–H and O–H groups in total. The Kier molecular flexibility index (Phi) is 3.76. The van der Waals surface area contributed by atoms with Crippen LogP contribution in [0.2, 0.25) is 0 Å². The summed E-state index contributed by atoms with van der Waals surface area (Å²) in [6.45, 7) is 0. The summed E-state index contributed by atoms with van der Waals surface area (Å²) in [6.07, 6.45) is -8.86. The van der Waals surface area contributed by atoms with Gasteiger partial charge in [-0.15, -0.1) is 0 Å². The Morgan fingerprint density at radius 2 is 1.69 bits per heavy atom. The van der Waals surface area contributed by atoms with Crippen LogP contribution in [0.15, 0.2) is 23.3 Å². The van der Waals surface area contributed by atoms with Crippen molar-refractivity contribution in [1.82, 2.24) is 0 Å². The molecule has 0 saturated carbocycles. The number of hydrogen-bond acceptors (Lipinski definition) is 0. The van der Waals surface area contributed by atoms with E-state index in [4.69, 9.17) is 0 Å². The van der Waals surface area contributed by atoms with Crippen molar-refractivity contribution in [3.63, 3.8) is 0 Å². The van der Waals surface area contributed by atoms with Gasteiger partial charge in [-0.05, 0) is 18.4 Å². The van der Waals surface area contributed by atoms with Crippen LogP contribution in [-0.4, -0.2) is 17.7 Å². The summed E-state index contributed by atoms with van der Waals surface area (Å²) in [6, 6.07) is 0. The van der Waals surface area contributed by atoms with Gasteiger partial charge in [0.05, 0.1) is 5.57 Å². The minimum absolute atomic E-state index is 0.0694. The number of allylic oxidation sites excluding steroid dienone is 4. The maximum absolute atomic E-state index is 12.3. The lowest BCUT2D eigenvalue weighted by Crippen LogP contribution is -2.23. The monoisotopic (exact) mass is 308 g/mol. The summed E-state index contributed by atoms with van der Waals surface area (Å²) < 4.78 is 74.0. The molecule has 0 spiro atoms. The fourth-order valence-electron chi connectivity index (χ4n) is 1.36. The molecule has 0 radical (unpaired) electrons. The van der Waals surface area contributed by atoms with Crippen LogP contribution in [0.5, 0.6) is 0 Å². The average molecular weight is 309 g/mol. The molecule has 1 unspecified atom stereocenters. The molecule has 0 aromatic rings. The Labute approximate surface area is 96.1 Å². The molecule has 1 rings (SSSR count). The quantitative estimate of drug-likeness (QED) is 0.498. The second kappa shape index (κ2) is 4.43. The second-order valence-electron chi connectivity index (χ2n) is 3.41. The van der Waals surface area contributed by atoms with Crippen LogP contribution in [0.4, 0.5) is 26.3 Å². The number of halogens is 7. The molecule has 0 nitrogen and oxygen atoms in total. The molecule has 0 aromatic carbocycles. The van der Waals surface area contributed by atoms with Gasteiger partial charge in [0.15, 0.2) is 0 Å². The number of rotatable bonds is 1. The third-order valence-electron chi connectivity index (χ3n) is 2.12. The standard InChI is InChI=1S/C9H7BrF6/c10-4-5-1-6(8(11,12)13)3-7(2-5)9(14,15)16/h1,3,5H,2,4H2. The predicted octanol–water partition coefficient (Wildman–Crippen LogP) is 4.38. The van der Waals surface area contributed by atoms with Gasteiger partial charge in [-0.1, -0.05) is 22.0 Å². The van der Waals surface area contributed by atoms with Crippen LogP contribution < -0.4 is 0 Å². The second-order valence-corrected chi connectivity index (χ2v) is 4.05. The maximum atomic E-state index is 12.3. The van der Waals surface area contributed by atoms with Gasteiger partial charge in [0.1, 0.15) is 0 Å². The Hall–Kier alpha value is -0.460. The van der Waals surface area contributed by atoms with Crippen molar-refractivity contribution in [3.05, 3.63) is 23.3 Å². The van der Waals surface area contributed by atoms with Crippen LogP contribution >= 0.6 is 15.9 Å². The van der Waals surface area contributed by atoms with Gasteiger partial charge >= 0.3 is 12.4 Å². The molecule has 7 heteroatoms. The van der Waals surface area contributed by atoms with Crippen LogP contribution in [-0.2, 0) is 0 Å². The van der Waals surface area contributed by atoms with Gasteiger partial charge < -0.3 is 0 Å². The van der Waals surface area contributed by atoms with E-state index in [1.54, 1.807) is 0 Å². The minimum atomic E-state index is -4.74. The van der Waals surface area contributed by atoms with Crippen LogP contribution in [0, 0.1) is 5.92 Å². The van der Waals surface area contributed by atoms with E-state index < -0.39 is 35.8 Å². The average Bonchev–Trinajstić information content (AvgIpc) is 2.14. The zero-order chi connectivity index (χ0) is 12.6. The molecule has 0 aliphatic heterocycles. The molecule has 0 aromatic heterocycles. The first kappa shape index (κ1) is 13.6. The third kappa shape index (κ3) is 3.26. The molecule has 0 fully saturated rings. The lowest BCUT2D eigenvalue weighted by atomic mass is 9.91. The van der Waals surface area contributed by atoms with Crippen LogP contribution in [0.25, 0.3) is 0 Å². The van der Waals surface area contributed by atoms with E-state index in [9.17, 15) is 26.3 Å². The maximum Gasteiger partial charge on any atom is 0.416 e. The Bertz CT molecular complexity index is 322. The molecular weight excluding hydrogens is 302 g/mol. The molecule has 92 valence electrons. The predicted molar refractivity (Wildman–Crippen MR) is 50.2 cm³/mol. The highest BCUT2D eigenvalue weighted by molar-refractivity contribution is 9.09. The summed E-state index contributed by atoms with van der Waals surface area (Å²) >= 11 is 2.89. The van der Waals surface area contributed by atoms with Crippen molar-refractivity contribution in [2.45, 2.75) is 18.8 Å². The van der Waals surface area contributed by atoms with Crippen molar-refractivity contribution in [1.29, 1.82) is 0 Å². The summed E-state index contributed by atoms with van der Waals surface area (Å²) in [5, 5.41) is 0.0694. The van der Waals surface area contributed by atoms with Gasteiger partial charge in [-0.25, -0.2) is 0 Å². The molecule has 1 aliphatic carbocycles. The van der Waals surface area contributed by atoms with Gasteiger partial charge in [0, 0.05) is 10.9 Å². The molecule has 0 heterocycles. The van der Waals surface area contributed by atoms with E-state index in [0.717, 1.165) is 6.08 Å². The number of hydrogen-bond donors (Lipinski definition) is 0. The molecule has 0 bridgehead atoms. The molecule has 0 amide bonds. The lowest BCUT2D eigenvalue weighted by Gasteiger charge is -2.23. The van der Waals surface area contributed by atoms with E-state index >= 15 is 0 Å². The highest BCUT2D eigenvalue weighted by Crippen LogP contribution is 2.40. The van der Waals surface area contributed by atoms with Crippen molar-refractivity contribution >= 4 is 15.9 Å². The zero-order valence-electron chi connectivity index (χ0n) is 7.79. The number of alkyl halides is 7. The smallest absolute Gasteiger partial charge is 0.166 e. The summed E-state index contributed by atoms with van der Waals surface area (Å²) in [5.41, 5.74) is -2.36. The van der Waals surface area contributed by atoms with E-state index in [0.29, 0.717) is 0 Å². The van der Waals surface area contributed by atoms with Gasteiger partial charge in [-0.2, -0.15) is 26.3 Å². The van der Waals surface area contributed by atoms with Crippen LogP contribution in [0.3, 0.4) is 0 Å². The molecular formula is C9H7BrF6. The van der Waals surface area contributed by atoms with E-state index in [1.807, 2.05) is 0 Å². The topological polar surface area (TPSA) is 0 Å². The lowest BCUT2D eigenvalue weighted by molar-refractivity contribution is -0.0997. The summed E-state index contributed by atoms with van der Waals surface area (Å²) in [5.74, 6) is -0.779. The molecule has 1 aliphatic rings. The van der Waals surface area contributed by atoms with Crippen LogP contribution in [0.1, 0.15) is 6.42 Å². The molecule has 0 saturated heterocycles. The van der Waals surface area contributed by atoms with Crippen molar-refractivity contribution in [3.8, 4) is 0 Å². The van der Waals surface area contributed by atoms with Crippen molar-refractivity contribution < 1.29 is 26.3 Å². The van der Waals surface area contributed by atoms with E-state index in [1.165, 1.54) is 0 Å². The summed E-state index contributed by atoms with van der Waals surface area (Å²) in [4.78, 5) is 0. The third-order valence-corrected chi connectivity index (χ3v) is 2.95. The Morgan fingerprint density at radius 1 is 1.12 bits per heavy atom.